The van der Waals surface area contributed by atoms with Crippen molar-refractivity contribution in [3.8, 4) is 11.8 Å². The molecule has 4 rings (SSSR count). The number of carbonyl (C=O) groups excluding carboxylic acids is 4. The van der Waals surface area contributed by atoms with Gasteiger partial charge in [0.1, 0.15) is 30.2 Å². The second-order valence-corrected chi connectivity index (χ2v) is 12.3. The van der Waals surface area contributed by atoms with Crippen LogP contribution in [0.25, 0.3) is 10.9 Å². The highest BCUT2D eigenvalue weighted by Gasteiger charge is 2.25. The third-order valence-electron chi connectivity index (χ3n) is 8.19. The largest absolute Gasteiger partial charge is 0.495 e. The van der Waals surface area contributed by atoms with Gasteiger partial charge in [0.25, 0.3) is 0 Å². The van der Waals surface area contributed by atoms with Crippen LogP contribution in [0.1, 0.15) is 37.9 Å². The maximum atomic E-state index is 13.1. The molecule has 8 N–H and O–H groups in total. The van der Waals surface area contributed by atoms with E-state index in [1.807, 2.05) is 42.3 Å². The fourth-order valence-corrected chi connectivity index (χ4v) is 5.20. The molecule has 3 aromatic carbocycles. The number of hydrogen-bond acceptors (Lipinski definition) is 10. The lowest BCUT2D eigenvalue weighted by molar-refractivity contribution is -0.128. The minimum atomic E-state index is -0.909. The van der Waals surface area contributed by atoms with Crippen molar-refractivity contribution in [3.05, 3.63) is 84.1 Å². The Morgan fingerprint density at radius 3 is 2.38 bits per heavy atom. The van der Waals surface area contributed by atoms with Crippen LogP contribution in [0.5, 0.6) is 5.75 Å². The number of anilines is 4. The second-order valence-electron chi connectivity index (χ2n) is 12.3. The molecule has 0 saturated carbocycles. The Balaban J connectivity index is 1.38. The number of para-hydroxylation sites is 1. The van der Waals surface area contributed by atoms with E-state index in [0.717, 1.165) is 11.1 Å². The van der Waals surface area contributed by atoms with Crippen molar-refractivity contribution in [2.24, 2.45) is 17.4 Å². The fourth-order valence-electron chi connectivity index (χ4n) is 5.20. The number of nitrogens with two attached hydrogens (primary N) is 2. The summed E-state index contributed by atoms with van der Waals surface area (Å²) in [6, 6.07) is 20.9. The number of methoxy groups -OCH3 is 1. The minimum absolute atomic E-state index is 0.0689. The Kier molecular flexibility index (Phi) is 13.3. The first kappa shape index (κ1) is 38.4. The van der Waals surface area contributed by atoms with Crippen LogP contribution in [-0.2, 0) is 20.9 Å². The number of pyridine rings is 1. The molecule has 0 spiro atoms. The van der Waals surface area contributed by atoms with Crippen molar-refractivity contribution in [3.63, 3.8) is 0 Å². The molecule has 52 heavy (non-hydrogen) atoms. The van der Waals surface area contributed by atoms with Gasteiger partial charge in [-0.1, -0.05) is 44.2 Å². The van der Waals surface area contributed by atoms with Crippen LogP contribution in [0.2, 0.25) is 0 Å². The average Bonchev–Trinajstić information content (AvgIpc) is 3.14. The molecule has 0 aliphatic heterocycles. The number of urea groups is 1. The number of ether oxygens (including phenoxy) is 2. The fraction of sp³-hybridized carbons (Fsp3) is 0.297. The normalized spacial score (nSPS) is 11.9. The van der Waals surface area contributed by atoms with E-state index in [-0.39, 0.29) is 31.2 Å². The summed E-state index contributed by atoms with van der Waals surface area (Å²) in [7, 11) is 3.34. The summed E-state index contributed by atoms with van der Waals surface area (Å²) >= 11 is 0. The van der Waals surface area contributed by atoms with Crippen LogP contribution in [0.3, 0.4) is 0 Å². The number of nitrogens with one attached hydrogen (secondary N) is 4. The Hall–Kier alpha value is -6.40. The zero-order valence-corrected chi connectivity index (χ0v) is 29.4. The molecule has 0 aliphatic rings. The van der Waals surface area contributed by atoms with Crippen molar-refractivity contribution in [2.75, 3.05) is 36.2 Å². The lowest BCUT2D eigenvalue weighted by Gasteiger charge is -2.23. The summed E-state index contributed by atoms with van der Waals surface area (Å²) in [4.78, 5) is 55.9. The first-order valence-corrected chi connectivity index (χ1v) is 16.5. The highest BCUT2D eigenvalue weighted by Crippen LogP contribution is 2.35. The third kappa shape index (κ3) is 10.3. The van der Waals surface area contributed by atoms with Crippen molar-refractivity contribution >= 4 is 57.6 Å². The van der Waals surface area contributed by atoms with E-state index in [2.05, 4.69) is 32.3 Å². The number of primary amides is 1. The molecule has 15 nitrogen and oxygen atoms in total. The smallest absolute Gasteiger partial charge is 0.412 e. The molecular formula is C37H43N9O6. The summed E-state index contributed by atoms with van der Waals surface area (Å²) in [6.45, 7) is 3.77. The number of fused-ring (bicyclic) bond motifs is 1. The highest BCUT2D eigenvalue weighted by molar-refractivity contribution is 5.98. The van der Waals surface area contributed by atoms with Crippen LogP contribution < -0.4 is 42.4 Å². The maximum absolute atomic E-state index is 13.1. The van der Waals surface area contributed by atoms with Gasteiger partial charge in [0, 0.05) is 30.4 Å². The number of nitrogens with zero attached hydrogens (tertiary/aromatic N) is 3. The molecule has 4 aromatic rings. The number of benzene rings is 3. The van der Waals surface area contributed by atoms with Gasteiger partial charge in [-0.2, -0.15) is 5.26 Å². The molecule has 0 saturated heterocycles. The van der Waals surface area contributed by atoms with Gasteiger partial charge in [-0.25, -0.2) is 14.6 Å². The van der Waals surface area contributed by atoms with E-state index in [1.54, 1.807) is 56.3 Å². The van der Waals surface area contributed by atoms with Crippen molar-refractivity contribution in [1.29, 1.82) is 5.26 Å². The number of hydrogen-bond donors (Lipinski definition) is 6. The van der Waals surface area contributed by atoms with Crippen molar-refractivity contribution in [2.45, 2.75) is 45.4 Å². The molecular weight excluding hydrogens is 666 g/mol. The predicted octanol–water partition coefficient (Wildman–Crippen LogP) is 4.49. The van der Waals surface area contributed by atoms with E-state index >= 15 is 0 Å². The Labute approximate surface area is 301 Å². The first-order chi connectivity index (χ1) is 24.9. The van der Waals surface area contributed by atoms with E-state index in [0.29, 0.717) is 40.3 Å². The van der Waals surface area contributed by atoms with Crippen molar-refractivity contribution < 1.29 is 28.7 Å². The van der Waals surface area contributed by atoms with Gasteiger partial charge in [-0.3, -0.25) is 14.9 Å². The van der Waals surface area contributed by atoms with Crippen molar-refractivity contribution in [1.82, 2.24) is 15.6 Å². The Morgan fingerprint density at radius 1 is 0.981 bits per heavy atom. The van der Waals surface area contributed by atoms with Crippen LogP contribution in [0.15, 0.2) is 72.8 Å². The summed E-state index contributed by atoms with van der Waals surface area (Å²) in [5.74, 6) is -0.645. The van der Waals surface area contributed by atoms with Crippen LogP contribution >= 0.6 is 0 Å². The molecule has 15 heteroatoms. The van der Waals surface area contributed by atoms with Gasteiger partial charge in [0.2, 0.25) is 11.8 Å². The lowest BCUT2D eigenvalue weighted by atomic mass is 10.0. The number of amides is 5. The molecule has 0 aliphatic carbocycles. The van der Waals surface area contributed by atoms with E-state index in [1.165, 1.54) is 7.11 Å². The second kappa shape index (κ2) is 18.0. The molecule has 1 unspecified atom stereocenters. The minimum Gasteiger partial charge on any atom is -0.495 e. The van der Waals surface area contributed by atoms with Gasteiger partial charge in [0.05, 0.1) is 30.0 Å². The molecule has 0 radical (unpaired) electrons. The third-order valence-corrected chi connectivity index (χ3v) is 8.19. The van der Waals surface area contributed by atoms with E-state index < -0.39 is 36.0 Å². The predicted molar refractivity (Wildman–Crippen MR) is 198 cm³/mol. The monoisotopic (exact) mass is 709 g/mol. The average molecular weight is 710 g/mol. The molecule has 2 atom stereocenters. The first-order valence-electron chi connectivity index (χ1n) is 16.5. The van der Waals surface area contributed by atoms with E-state index in [4.69, 9.17) is 20.9 Å². The van der Waals surface area contributed by atoms with Crippen LogP contribution in [0.4, 0.5) is 32.3 Å². The molecule has 272 valence electrons. The SMILES string of the molecule is COc1ccc(N(C)c2cc(C#N)nc3ccccc23)cc1NC(=O)OCc1ccc(NC(=O)[C@H](CCCNC(N)=O)NC(=O)C(N)C(C)C)cc1. The Morgan fingerprint density at radius 2 is 1.71 bits per heavy atom. The zero-order valence-electron chi connectivity index (χ0n) is 29.4. The number of rotatable bonds is 15. The Bertz CT molecular complexity index is 1940. The molecule has 1 heterocycles. The summed E-state index contributed by atoms with van der Waals surface area (Å²) in [5, 5.41) is 21.1. The lowest BCUT2D eigenvalue weighted by Crippen LogP contribution is -2.51. The highest BCUT2D eigenvalue weighted by atomic mass is 16.5. The zero-order chi connectivity index (χ0) is 37.8. The summed E-state index contributed by atoms with van der Waals surface area (Å²) in [6.07, 6.45) is -0.106. The van der Waals surface area contributed by atoms with Gasteiger partial charge in [-0.05, 0) is 66.8 Å². The number of nitriles is 1. The van der Waals surface area contributed by atoms with Crippen LogP contribution in [0, 0.1) is 17.2 Å². The standard InChI is InChI=1S/C37H43N9O6/c1-22(2)33(39)35(48)44-29(10-7-17-41-36(40)49)34(47)43-24-13-11-23(12-14-24)21-52-37(50)45-30-19-26(15-16-32(30)51-4)46(3)31-18-25(20-38)42-28-9-6-5-8-27(28)31/h5-6,8-9,11-16,18-19,22,29,33H,7,10,17,21,39H2,1-4H3,(H,43,47)(H,44,48)(H,45,50)(H3,40,41,49)/t29-,33?/m0/s1. The molecule has 1 aromatic heterocycles. The molecule has 0 fully saturated rings. The topological polar surface area (TPSA) is 227 Å². The number of aromatic nitrogens is 1. The quantitative estimate of drug-likeness (QED) is 0.0948. The molecule has 5 amide bonds. The maximum Gasteiger partial charge on any atom is 0.412 e. The van der Waals surface area contributed by atoms with Crippen LogP contribution in [-0.4, -0.2) is 61.7 Å². The van der Waals surface area contributed by atoms with Gasteiger partial charge >= 0.3 is 12.1 Å². The van der Waals surface area contributed by atoms with Gasteiger partial charge < -0.3 is 41.8 Å². The number of carbonyl (C=O) groups is 4. The summed E-state index contributed by atoms with van der Waals surface area (Å²) in [5.41, 5.74) is 15.0. The van der Waals surface area contributed by atoms with Gasteiger partial charge in [-0.15, -0.1) is 0 Å². The summed E-state index contributed by atoms with van der Waals surface area (Å²) < 4.78 is 10.9. The molecule has 0 bridgehead atoms. The van der Waals surface area contributed by atoms with E-state index in [9.17, 15) is 24.4 Å². The van der Waals surface area contributed by atoms with Gasteiger partial charge in [0.15, 0.2) is 0 Å².